The van der Waals surface area contributed by atoms with Crippen LogP contribution in [0.5, 0.6) is 0 Å². The second-order valence-electron chi connectivity index (χ2n) is 15.7. The van der Waals surface area contributed by atoms with Crippen molar-refractivity contribution in [2.75, 3.05) is 11.9 Å². The number of hydrogen-bond donors (Lipinski definition) is 8. The van der Waals surface area contributed by atoms with E-state index in [9.17, 15) is 44.1 Å². The molecule has 3 saturated heterocycles. The van der Waals surface area contributed by atoms with Crippen molar-refractivity contribution in [3.63, 3.8) is 0 Å². The number of benzene rings is 1. The first-order valence-corrected chi connectivity index (χ1v) is 18.3. The van der Waals surface area contributed by atoms with Crippen LogP contribution in [-0.2, 0) is 39.1 Å². The molecule has 17 nitrogen and oxygen atoms in total. The van der Waals surface area contributed by atoms with Gasteiger partial charge in [0, 0.05) is 30.6 Å². The first-order chi connectivity index (χ1) is 24.8. The lowest BCUT2D eigenvalue weighted by Gasteiger charge is -2.40. The molecule has 4 heterocycles. The number of esters is 1. The first kappa shape index (κ1) is 39.9. The van der Waals surface area contributed by atoms with E-state index in [1.54, 1.807) is 52.0 Å². The van der Waals surface area contributed by atoms with Gasteiger partial charge < -0.3 is 46.2 Å². The molecular weight excluding hydrogens is 690 g/mol. The number of nitrogens with zero attached hydrogens (tertiary/aromatic N) is 2. The Labute approximate surface area is 308 Å². The van der Waals surface area contributed by atoms with Gasteiger partial charge in [0.1, 0.15) is 42.0 Å². The molecule has 0 aliphatic carbocycles. The zero-order chi connectivity index (χ0) is 39.1. The monoisotopic (exact) mass is 743 g/mol. The number of hydrogen-bond acceptors (Lipinski definition) is 12. The Kier molecular flexibility index (Phi) is 11.7. The normalized spacial score (nSPS) is 33.5. The standard InChI is InChI=1S/C36H53N7O10/c1-16(2)12-23-29(46)41-27(19(7)44)32(49)42-25(14-36(52)21-10-8-9-11-22(21)39-35(36)42)31(48)40-26(17(3)4)34(51)53-28(18(5)6)33(50)43-24(30(47)38-23)13-20(45)15-37-43/h8-11,16-20,23-28,35,37,39,44-45,52H,12-15H2,1-7H3,(H,38,47)(H,40,48)(H,41,46)/t19-,20+,23-,24+,25+,26+,27+,28-,35-,36+/m0/s1. The van der Waals surface area contributed by atoms with Crippen molar-refractivity contribution in [3.8, 4) is 0 Å². The van der Waals surface area contributed by atoms with Crippen molar-refractivity contribution in [2.45, 2.75) is 128 Å². The Balaban J connectivity index is 1.61. The second kappa shape index (κ2) is 15.6. The van der Waals surface area contributed by atoms with Gasteiger partial charge in [0.15, 0.2) is 6.10 Å². The summed E-state index contributed by atoms with van der Waals surface area (Å²) in [7, 11) is 0. The van der Waals surface area contributed by atoms with Crippen LogP contribution < -0.4 is 26.7 Å². The van der Waals surface area contributed by atoms with E-state index < -0.39 is 108 Å². The van der Waals surface area contributed by atoms with Crippen molar-refractivity contribution in [2.24, 2.45) is 17.8 Å². The van der Waals surface area contributed by atoms with Crippen molar-refractivity contribution in [3.05, 3.63) is 29.8 Å². The number of anilines is 1. The van der Waals surface area contributed by atoms with Gasteiger partial charge >= 0.3 is 5.97 Å². The highest BCUT2D eigenvalue weighted by atomic mass is 16.6. The second-order valence-corrected chi connectivity index (χ2v) is 15.7. The van der Waals surface area contributed by atoms with Gasteiger partial charge in [-0.1, -0.05) is 59.7 Å². The minimum Gasteiger partial charge on any atom is -0.450 e. The summed E-state index contributed by atoms with van der Waals surface area (Å²) >= 11 is 0. The Bertz CT molecular complexity index is 1600. The van der Waals surface area contributed by atoms with Crippen molar-refractivity contribution in [1.29, 1.82) is 0 Å². The number of aliphatic hydroxyl groups is 3. The van der Waals surface area contributed by atoms with Crippen LogP contribution in [0.25, 0.3) is 0 Å². The molecule has 10 atom stereocenters. The number of carbonyl (C=O) groups is 6. The third kappa shape index (κ3) is 7.84. The van der Waals surface area contributed by atoms with Gasteiger partial charge in [0.25, 0.3) is 5.91 Å². The van der Waals surface area contributed by atoms with Crippen LogP contribution in [-0.4, -0.2) is 122 Å². The molecule has 4 aliphatic heterocycles. The highest BCUT2D eigenvalue weighted by Crippen LogP contribution is 2.49. The summed E-state index contributed by atoms with van der Waals surface area (Å²) in [5.41, 5.74) is 1.94. The van der Waals surface area contributed by atoms with Gasteiger partial charge in [0.05, 0.1) is 12.2 Å². The van der Waals surface area contributed by atoms with E-state index in [1.165, 1.54) is 6.92 Å². The van der Waals surface area contributed by atoms with Gasteiger partial charge in [0.2, 0.25) is 23.6 Å². The summed E-state index contributed by atoms with van der Waals surface area (Å²) in [6, 6.07) is -0.148. The quantitative estimate of drug-likeness (QED) is 0.166. The van der Waals surface area contributed by atoms with Gasteiger partial charge in [-0.25, -0.2) is 10.2 Å². The van der Waals surface area contributed by atoms with Crippen molar-refractivity contribution < 1.29 is 48.8 Å². The molecule has 5 amide bonds. The zero-order valence-electron chi connectivity index (χ0n) is 31.2. The fourth-order valence-electron chi connectivity index (χ4n) is 7.54. The average Bonchev–Trinajstić information content (AvgIpc) is 3.54. The van der Waals surface area contributed by atoms with Crippen LogP contribution in [0.2, 0.25) is 0 Å². The summed E-state index contributed by atoms with van der Waals surface area (Å²) in [6.45, 7) is 11.4. The zero-order valence-corrected chi connectivity index (χ0v) is 31.2. The third-order valence-electron chi connectivity index (χ3n) is 10.4. The number of nitrogens with one attached hydrogen (secondary N) is 5. The predicted octanol–water partition coefficient (Wildman–Crippen LogP) is -1.19. The number of para-hydroxylation sites is 1. The highest BCUT2D eigenvalue weighted by molar-refractivity contribution is 5.98. The SMILES string of the molecule is CC(C)C[C@@H]1NC(=O)[C@H]2C[C@@H](O)CNN2C(=O)[C@H](C(C)C)OC(=O)[C@@H](C(C)C)NC(=O)[C@H]2C[C@@]3(O)c4ccccc4N[C@H]3N2C(=O)[C@@H]([C@H](C)O)NC1=O. The number of carbonyl (C=O) groups excluding carboxylic acids is 6. The molecule has 17 heteroatoms. The molecule has 0 unspecified atom stereocenters. The number of aliphatic hydroxyl groups excluding tert-OH is 2. The number of hydrazine groups is 1. The smallest absolute Gasteiger partial charge is 0.329 e. The summed E-state index contributed by atoms with van der Waals surface area (Å²) < 4.78 is 5.80. The summed E-state index contributed by atoms with van der Waals surface area (Å²) in [5, 5.41) is 45.7. The number of fused-ring (bicyclic) bond motifs is 6. The van der Waals surface area contributed by atoms with Crippen molar-refractivity contribution >= 4 is 41.2 Å². The Hall–Kier alpha value is -4.32. The maximum Gasteiger partial charge on any atom is 0.329 e. The average molecular weight is 744 g/mol. The summed E-state index contributed by atoms with van der Waals surface area (Å²) in [4.78, 5) is 85.8. The molecule has 1 aromatic rings. The molecule has 1 aromatic carbocycles. The van der Waals surface area contributed by atoms with E-state index in [-0.39, 0.29) is 31.7 Å². The van der Waals surface area contributed by atoms with E-state index in [0.29, 0.717) is 11.3 Å². The number of ether oxygens (including phenoxy) is 1. The van der Waals surface area contributed by atoms with Crippen LogP contribution in [0.15, 0.2) is 24.3 Å². The molecule has 0 aromatic heterocycles. The summed E-state index contributed by atoms with van der Waals surface area (Å²) in [6.07, 6.45) is -5.59. The number of cyclic esters (lactones) is 1. The van der Waals surface area contributed by atoms with E-state index in [2.05, 4.69) is 26.7 Å². The van der Waals surface area contributed by atoms with E-state index >= 15 is 0 Å². The maximum absolute atomic E-state index is 14.6. The lowest BCUT2D eigenvalue weighted by Crippen LogP contribution is -2.67. The largest absolute Gasteiger partial charge is 0.450 e. The number of rotatable bonds is 5. The maximum atomic E-state index is 14.6. The van der Waals surface area contributed by atoms with Crippen LogP contribution in [0, 0.1) is 17.8 Å². The minimum atomic E-state index is -1.78. The van der Waals surface area contributed by atoms with E-state index in [0.717, 1.165) is 9.91 Å². The van der Waals surface area contributed by atoms with Crippen LogP contribution in [0.3, 0.4) is 0 Å². The molecule has 0 spiro atoms. The Morgan fingerprint density at radius 3 is 2.09 bits per heavy atom. The van der Waals surface area contributed by atoms with Gasteiger partial charge in [-0.3, -0.25) is 29.0 Å². The molecule has 53 heavy (non-hydrogen) atoms. The molecule has 0 bridgehead atoms. The van der Waals surface area contributed by atoms with E-state index in [1.807, 2.05) is 13.8 Å². The van der Waals surface area contributed by atoms with Gasteiger partial charge in [-0.2, -0.15) is 0 Å². The Morgan fingerprint density at radius 1 is 0.830 bits per heavy atom. The Morgan fingerprint density at radius 2 is 1.47 bits per heavy atom. The predicted molar refractivity (Wildman–Crippen MR) is 189 cm³/mol. The fraction of sp³-hybridized carbons (Fsp3) is 0.667. The lowest BCUT2D eigenvalue weighted by molar-refractivity contribution is -0.172. The lowest BCUT2D eigenvalue weighted by atomic mass is 9.91. The minimum absolute atomic E-state index is 0.0857. The molecule has 292 valence electrons. The molecule has 4 aliphatic rings. The molecule has 8 N–H and O–H groups in total. The molecule has 0 saturated carbocycles. The van der Waals surface area contributed by atoms with E-state index in [4.69, 9.17) is 4.74 Å². The molecule has 3 fully saturated rings. The highest BCUT2D eigenvalue weighted by Gasteiger charge is 2.61. The molecule has 5 rings (SSSR count). The number of β-amino-alcohol motifs (C(OH)–C–C–N with tert-alkyl or cyclic N) is 1. The topological polar surface area (TPSA) is 239 Å². The van der Waals surface area contributed by atoms with Crippen LogP contribution in [0.4, 0.5) is 5.69 Å². The van der Waals surface area contributed by atoms with Gasteiger partial charge in [-0.05, 0) is 37.2 Å². The summed E-state index contributed by atoms with van der Waals surface area (Å²) in [5.74, 6) is -6.35. The fourth-order valence-corrected chi connectivity index (χ4v) is 7.54. The van der Waals surface area contributed by atoms with Crippen molar-refractivity contribution in [1.82, 2.24) is 31.3 Å². The number of amides is 5. The third-order valence-corrected chi connectivity index (χ3v) is 10.4. The first-order valence-electron chi connectivity index (χ1n) is 18.3. The van der Waals surface area contributed by atoms with Crippen LogP contribution in [0.1, 0.15) is 73.3 Å². The van der Waals surface area contributed by atoms with Gasteiger partial charge in [-0.15, -0.1) is 0 Å². The molecule has 0 radical (unpaired) electrons. The molecular formula is C36H53N7O10. The van der Waals surface area contributed by atoms with Crippen LogP contribution >= 0.6 is 0 Å².